The van der Waals surface area contributed by atoms with Crippen LogP contribution in [-0.4, -0.2) is 24.7 Å². The average Bonchev–Trinajstić information content (AvgIpc) is 2.38. The summed E-state index contributed by atoms with van der Waals surface area (Å²) in [7, 11) is -3.04. The van der Waals surface area contributed by atoms with E-state index in [0.717, 1.165) is 19.3 Å². The van der Waals surface area contributed by atoms with Crippen molar-refractivity contribution >= 4 is 15.6 Å². The van der Waals surface area contributed by atoms with Gasteiger partial charge in [-0.05, 0) is 46.0 Å². The van der Waals surface area contributed by atoms with Gasteiger partial charge >= 0.3 is 0 Å². The first-order chi connectivity index (χ1) is 7.72. The Morgan fingerprint density at radius 1 is 1.24 bits per heavy atom. The summed E-state index contributed by atoms with van der Waals surface area (Å²) < 4.78 is 23.3. The van der Waals surface area contributed by atoms with Crippen LogP contribution in [0.2, 0.25) is 0 Å². The van der Waals surface area contributed by atoms with E-state index in [9.17, 15) is 13.2 Å². The second-order valence-electron chi connectivity index (χ2n) is 6.07. The molecule has 0 N–H and O–H groups in total. The first-order valence-corrected chi connectivity index (χ1v) is 8.11. The molecule has 100 valence electrons. The monoisotopic (exact) mass is 260 g/mol. The summed E-state index contributed by atoms with van der Waals surface area (Å²) in [4.78, 5) is 11.5. The minimum Gasteiger partial charge on any atom is -0.300 e. The zero-order valence-electron chi connectivity index (χ0n) is 11.2. The Kier molecular flexibility index (Phi) is 4.76. The standard InChI is InChI=1S/C13H24O3S/c1-13(2,3)17(15,16)9-8-11-6-4-5-7-12(14)10-11/h11H,4-10H2,1-3H3. The molecule has 3 nitrogen and oxygen atoms in total. The highest BCUT2D eigenvalue weighted by molar-refractivity contribution is 7.92. The zero-order valence-corrected chi connectivity index (χ0v) is 12.0. The van der Waals surface area contributed by atoms with Crippen LogP contribution >= 0.6 is 0 Å². The topological polar surface area (TPSA) is 51.2 Å². The maximum absolute atomic E-state index is 12.0. The molecule has 1 aliphatic rings. The smallest absolute Gasteiger partial charge is 0.155 e. The van der Waals surface area contributed by atoms with Gasteiger partial charge in [-0.25, -0.2) is 8.42 Å². The average molecular weight is 260 g/mol. The molecule has 0 aromatic carbocycles. The van der Waals surface area contributed by atoms with Gasteiger partial charge in [0.05, 0.1) is 10.5 Å². The van der Waals surface area contributed by atoms with Gasteiger partial charge in [-0.3, -0.25) is 4.79 Å². The predicted octanol–water partition coefficient (Wildman–Crippen LogP) is 2.74. The Balaban J connectivity index is 2.53. The molecule has 0 saturated heterocycles. The third-order valence-electron chi connectivity index (χ3n) is 3.56. The molecule has 0 aromatic heterocycles. The second kappa shape index (κ2) is 5.51. The van der Waals surface area contributed by atoms with Crippen molar-refractivity contribution in [3.63, 3.8) is 0 Å². The number of Topliss-reactive ketones (excluding diaryl/α,β-unsaturated/α-hetero) is 1. The van der Waals surface area contributed by atoms with Crippen molar-refractivity contribution in [3.8, 4) is 0 Å². The molecule has 0 radical (unpaired) electrons. The van der Waals surface area contributed by atoms with E-state index < -0.39 is 14.6 Å². The summed E-state index contributed by atoms with van der Waals surface area (Å²) in [6, 6.07) is 0. The molecule has 0 aromatic rings. The highest BCUT2D eigenvalue weighted by atomic mass is 32.2. The van der Waals surface area contributed by atoms with Gasteiger partial charge in [-0.1, -0.05) is 6.42 Å². The normalized spacial score (nSPS) is 23.5. The summed E-state index contributed by atoms with van der Waals surface area (Å²) in [6.07, 6.45) is 4.95. The number of carbonyl (C=O) groups excluding carboxylic acids is 1. The minimum absolute atomic E-state index is 0.217. The molecule has 0 spiro atoms. The van der Waals surface area contributed by atoms with Crippen molar-refractivity contribution in [2.45, 2.75) is 64.0 Å². The Hall–Kier alpha value is -0.380. The molecule has 1 atom stereocenters. The van der Waals surface area contributed by atoms with Crippen LogP contribution < -0.4 is 0 Å². The maximum atomic E-state index is 12.0. The number of hydrogen-bond donors (Lipinski definition) is 0. The van der Waals surface area contributed by atoms with E-state index in [-0.39, 0.29) is 11.7 Å². The van der Waals surface area contributed by atoms with Crippen molar-refractivity contribution in [2.75, 3.05) is 5.75 Å². The van der Waals surface area contributed by atoms with E-state index in [1.807, 2.05) is 0 Å². The van der Waals surface area contributed by atoms with Crippen molar-refractivity contribution in [1.29, 1.82) is 0 Å². The molecule has 1 fully saturated rings. The molecule has 1 saturated carbocycles. The van der Waals surface area contributed by atoms with Gasteiger partial charge in [-0.15, -0.1) is 0 Å². The zero-order chi connectivity index (χ0) is 13.1. The summed E-state index contributed by atoms with van der Waals surface area (Å²) in [6.45, 7) is 5.21. The third kappa shape index (κ3) is 4.41. The van der Waals surface area contributed by atoms with Gasteiger partial charge < -0.3 is 0 Å². The molecule has 0 amide bonds. The van der Waals surface area contributed by atoms with E-state index >= 15 is 0 Å². The number of carbonyl (C=O) groups is 1. The van der Waals surface area contributed by atoms with Gasteiger partial charge in [0, 0.05) is 12.8 Å². The molecular formula is C13H24O3S. The summed E-state index contributed by atoms with van der Waals surface area (Å²) in [5.41, 5.74) is 0. The highest BCUT2D eigenvalue weighted by Crippen LogP contribution is 2.26. The fraction of sp³-hybridized carbons (Fsp3) is 0.923. The van der Waals surface area contributed by atoms with E-state index in [2.05, 4.69) is 0 Å². The molecule has 1 rings (SSSR count). The molecule has 17 heavy (non-hydrogen) atoms. The fourth-order valence-corrected chi connectivity index (χ4v) is 3.41. The van der Waals surface area contributed by atoms with Crippen LogP contribution in [0.25, 0.3) is 0 Å². The Morgan fingerprint density at radius 3 is 2.47 bits per heavy atom. The lowest BCUT2D eigenvalue weighted by Gasteiger charge is -2.21. The number of sulfone groups is 1. The molecule has 1 aliphatic carbocycles. The van der Waals surface area contributed by atoms with E-state index in [4.69, 9.17) is 0 Å². The number of rotatable bonds is 3. The summed E-state index contributed by atoms with van der Waals surface area (Å²) in [5, 5.41) is 0. The Morgan fingerprint density at radius 2 is 1.88 bits per heavy atom. The predicted molar refractivity (Wildman–Crippen MR) is 69.7 cm³/mol. The Bertz CT molecular complexity index is 363. The lowest BCUT2D eigenvalue weighted by molar-refractivity contribution is -0.119. The van der Waals surface area contributed by atoms with Crippen LogP contribution in [0.1, 0.15) is 59.3 Å². The van der Waals surface area contributed by atoms with Crippen LogP contribution in [0.3, 0.4) is 0 Å². The first kappa shape index (κ1) is 14.7. The minimum atomic E-state index is -3.04. The van der Waals surface area contributed by atoms with Gasteiger partial charge in [0.2, 0.25) is 0 Å². The fourth-order valence-electron chi connectivity index (χ4n) is 2.16. The van der Waals surface area contributed by atoms with Crippen LogP contribution in [0.15, 0.2) is 0 Å². The molecule has 4 heteroatoms. The van der Waals surface area contributed by atoms with Crippen molar-refractivity contribution < 1.29 is 13.2 Å². The number of hydrogen-bond acceptors (Lipinski definition) is 3. The summed E-state index contributed by atoms with van der Waals surface area (Å²) >= 11 is 0. The Labute approximate surface area is 105 Å². The van der Waals surface area contributed by atoms with Crippen molar-refractivity contribution in [2.24, 2.45) is 5.92 Å². The molecule has 0 aliphatic heterocycles. The van der Waals surface area contributed by atoms with E-state index in [0.29, 0.717) is 25.0 Å². The van der Waals surface area contributed by atoms with Crippen molar-refractivity contribution in [1.82, 2.24) is 0 Å². The quantitative estimate of drug-likeness (QED) is 0.733. The van der Waals surface area contributed by atoms with E-state index in [1.54, 1.807) is 20.8 Å². The van der Waals surface area contributed by atoms with Crippen LogP contribution in [-0.2, 0) is 14.6 Å². The lowest BCUT2D eigenvalue weighted by atomic mass is 9.97. The first-order valence-electron chi connectivity index (χ1n) is 6.46. The second-order valence-corrected chi connectivity index (χ2v) is 8.94. The highest BCUT2D eigenvalue weighted by Gasteiger charge is 2.30. The van der Waals surface area contributed by atoms with Crippen LogP contribution in [0, 0.1) is 5.92 Å². The molecule has 0 bridgehead atoms. The van der Waals surface area contributed by atoms with Gasteiger partial charge in [0.15, 0.2) is 9.84 Å². The van der Waals surface area contributed by atoms with Crippen LogP contribution in [0.4, 0.5) is 0 Å². The summed E-state index contributed by atoms with van der Waals surface area (Å²) in [5.74, 6) is 0.803. The SMILES string of the molecule is CC(C)(C)S(=O)(=O)CCC1CCCCC(=O)C1. The van der Waals surface area contributed by atoms with Crippen LogP contribution in [0.5, 0.6) is 0 Å². The molecule has 0 heterocycles. The molecular weight excluding hydrogens is 236 g/mol. The van der Waals surface area contributed by atoms with Gasteiger partial charge in [0.25, 0.3) is 0 Å². The number of ketones is 1. The van der Waals surface area contributed by atoms with Gasteiger partial charge in [-0.2, -0.15) is 0 Å². The van der Waals surface area contributed by atoms with E-state index in [1.165, 1.54) is 0 Å². The molecule has 1 unspecified atom stereocenters. The third-order valence-corrected chi connectivity index (χ3v) is 6.20. The maximum Gasteiger partial charge on any atom is 0.155 e. The van der Waals surface area contributed by atoms with Crippen molar-refractivity contribution in [3.05, 3.63) is 0 Å². The lowest BCUT2D eigenvalue weighted by Crippen LogP contribution is -2.31. The largest absolute Gasteiger partial charge is 0.300 e. The van der Waals surface area contributed by atoms with Gasteiger partial charge in [0.1, 0.15) is 5.78 Å².